The van der Waals surface area contributed by atoms with E-state index in [-0.39, 0.29) is 0 Å². The van der Waals surface area contributed by atoms with Gasteiger partial charge in [0, 0.05) is 6.54 Å². The van der Waals surface area contributed by atoms with Crippen molar-refractivity contribution < 1.29 is 4.52 Å². The zero-order valence-corrected chi connectivity index (χ0v) is 11.3. The fraction of sp³-hybridized carbons (Fsp3) is 0.818. The Balaban J connectivity index is 2.28. The molecule has 0 saturated carbocycles. The Morgan fingerprint density at radius 2 is 2.00 bits per heavy atom. The first-order chi connectivity index (χ1) is 7.58. The summed E-state index contributed by atoms with van der Waals surface area (Å²) in [5.41, 5.74) is 0. The molecular weight excluding hydrogens is 222 g/mol. The fourth-order valence-electron chi connectivity index (χ4n) is 1.06. The zero-order valence-electron chi connectivity index (χ0n) is 10.5. The normalized spacial score (nSPS) is 11.4. The van der Waals surface area contributed by atoms with Gasteiger partial charge in [-0.05, 0) is 17.6 Å². The molecular formula is C11H21N3OS. The number of nitrogens with one attached hydrogen (secondary N) is 1. The van der Waals surface area contributed by atoms with Gasteiger partial charge in [-0.15, -0.1) is 0 Å². The lowest BCUT2D eigenvalue weighted by atomic mass is 10.2. The molecule has 4 nitrogen and oxygen atoms in total. The van der Waals surface area contributed by atoms with E-state index >= 15 is 0 Å². The summed E-state index contributed by atoms with van der Waals surface area (Å²) in [7, 11) is 0. The molecule has 16 heavy (non-hydrogen) atoms. The molecule has 0 amide bonds. The molecule has 0 spiro atoms. The van der Waals surface area contributed by atoms with Crippen molar-refractivity contribution in [3.05, 3.63) is 5.82 Å². The van der Waals surface area contributed by atoms with Gasteiger partial charge in [0.15, 0.2) is 5.82 Å². The van der Waals surface area contributed by atoms with Crippen molar-refractivity contribution in [1.82, 2.24) is 10.1 Å². The van der Waals surface area contributed by atoms with Crippen molar-refractivity contribution in [3.63, 3.8) is 0 Å². The highest BCUT2D eigenvalue weighted by Crippen LogP contribution is 2.14. The topological polar surface area (TPSA) is 51.0 Å². The third kappa shape index (κ3) is 5.39. The summed E-state index contributed by atoms with van der Waals surface area (Å²) in [4.78, 5) is 4.27. The van der Waals surface area contributed by atoms with Gasteiger partial charge in [-0.25, -0.2) is 0 Å². The molecule has 1 aromatic rings. The van der Waals surface area contributed by atoms with Crippen LogP contribution < -0.4 is 5.32 Å². The first-order valence-corrected chi connectivity index (χ1v) is 6.87. The molecule has 92 valence electrons. The van der Waals surface area contributed by atoms with Gasteiger partial charge in [-0.3, -0.25) is 0 Å². The predicted octanol–water partition coefficient (Wildman–Crippen LogP) is 3.03. The van der Waals surface area contributed by atoms with Crippen molar-refractivity contribution in [2.24, 2.45) is 11.8 Å². The maximum atomic E-state index is 5.09. The summed E-state index contributed by atoms with van der Waals surface area (Å²) in [5.74, 6) is 4.01. The first-order valence-electron chi connectivity index (χ1n) is 5.72. The fourth-order valence-corrected chi connectivity index (χ4v) is 1.95. The van der Waals surface area contributed by atoms with Gasteiger partial charge in [-0.1, -0.05) is 32.9 Å². The molecule has 0 aliphatic rings. The molecule has 1 heterocycles. The Morgan fingerprint density at radius 3 is 2.62 bits per heavy atom. The number of thioether (sulfide) groups is 1. The Hall–Kier alpha value is -0.710. The average molecular weight is 243 g/mol. The first kappa shape index (κ1) is 13.4. The van der Waals surface area contributed by atoms with Crippen LogP contribution in [0.5, 0.6) is 0 Å². The van der Waals surface area contributed by atoms with E-state index in [4.69, 9.17) is 4.52 Å². The summed E-state index contributed by atoms with van der Waals surface area (Å²) in [6.45, 7) is 9.56. The molecule has 0 unspecified atom stereocenters. The van der Waals surface area contributed by atoms with Gasteiger partial charge in [0.2, 0.25) is 0 Å². The number of anilines is 1. The number of aromatic nitrogens is 2. The van der Waals surface area contributed by atoms with Gasteiger partial charge >= 0.3 is 6.01 Å². The predicted molar refractivity (Wildman–Crippen MR) is 68.6 cm³/mol. The van der Waals surface area contributed by atoms with E-state index in [1.165, 1.54) is 0 Å². The van der Waals surface area contributed by atoms with Crippen LogP contribution in [0.25, 0.3) is 0 Å². The molecule has 1 rings (SSSR count). The third-order valence-corrected chi connectivity index (χ3v) is 3.18. The van der Waals surface area contributed by atoms with Crippen LogP contribution in [0, 0.1) is 11.8 Å². The summed E-state index contributed by atoms with van der Waals surface area (Å²) < 4.78 is 5.09. The van der Waals surface area contributed by atoms with Gasteiger partial charge in [-0.2, -0.15) is 16.7 Å². The Kier molecular flexibility index (Phi) is 5.66. The molecule has 0 aliphatic heterocycles. The van der Waals surface area contributed by atoms with Crippen LogP contribution in [0.4, 0.5) is 6.01 Å². The van der Waals surface area contributed by atoms with Crippen molar-refractivity contribution in [3.8, 4) is 0 Å². The van der Waals surface area contributed by atoms with Crippen LogP contribution >= 0.6 is 11.8 Å². The largest absolute Gasteiger partial charge is 0.337 e. The number of rotatable bonds is 7. The highest BCUT2D eigenvalue weighted by Gasteiger charge is 2.06. The van der Waals surface area contributed by atoms with Crippen molar-refractivity contribution in [1.29, 1.82) is 0 Å². The summed E-state index contributed by atoms with van der Waals surface area (Å²) >= 11 is 1.84. The molecule has 0 fully saturated rings. The van der Waals surface area contributed by atoms with E-state index in [9.17, 15) is 0 Å². The molecule has 0 atom stereocenters. The van der Waals surface area contributed by atoms with Crippen molar-refractivity contribution in [2.75, 3.05) is 17.6 Å². The average Bonchev–Trinajstić information content (AvgIpc) is 2.62. The van der Waals surface area contributed by atoms with E-state index < -0.39 is 0 Å². The van der Waals surface area contributed by atoms with Gasteiger partial charge in [0.1, 0.15) is 0 Å². The van der Waals surface area contributed by atoms with E-state index in [1.54, 1.807) is 0 Å². The second-order valence-corrected chi connectivity index (χ2v) is 5.73. The van der Waals surface area contributed by atoms with Crippen LogP contribution in [-0.4, -0.2) is 22.4 Å². The maximum Gasteiger partial charge on any atom is 0.321 e. The van der Waals surface area contributed by atoms with Gasteiger partial charge in [0.05, 0.1) is 5.75 Å². The number of hydrogen-bond acceptors (Lipinski definition) is 5. The van der Waals surface area contributed by atoms with Gasteiger partial charge < -0.3 is 9.84 Å². The summed E-state index contributed by atoms with van der Waals surface area (Å²) in [5, 5.41) is 7.04. The second-order valence-electron chi connectivity index (χ2n) is 4.70. The lowest BCUT2D eigenvalue weighted by Gasteiger charge is -2.02. The smallest absolute Gasteiger partial charge is 0.321 e. The van der Waals surface area contributed by atoms with Crippen molar-refractivity contribution in [2.45, 2.75) is 33.4 Å². The number of nitrogens with zero attached hydrogens (tertiary/aromatic N) is 2. The lowest BCUT2D eigenvalue weighted by Crippen LogP contribution is -2.07. The molecule has 0 aromatic carbocycles. The van der Waals surface area contributed by atoms with E-state index in [1.807, 2.05) is 11.8 Å². The van der Waals surface area contributed by atoms with Crippen molar-refractivity contribution >= 4 is 17.8 Å². The lowest BCUT2D eigenvalue weighted by molar-refractivity contribution is 0.423. The van der Waals surface area contributed by atoms with E-state index in [0.29, 0.717) is 17.9 Å². The minimum Gasteiger partial charge on any atom is -0.337 e. The minimum atomic E-state index is 0.536. The van der Waals surface area contributed by atoms with Crippen LogP contribution in [0.1, 0.15) is 33.5 Å². The zero-order chi connectivity index (χ0) is 12.0. The monoisotopic (exact) mass is 243 g/mol. The van der Waals surface area contributed by atoms with Crippen LogP contribution in [0.3, 0.4) is 0 Å². The summed E-state index contributed by atoms with van der Waals surface area (Å²) in [6, 6.07) is 0.536. The number of hydrogen-bond donors (Lipinski definition) is 1. The Labute approximate surface area is 102 Å². The maximum absolute atomic E-state index is 5.09. The molecule has 0 saturated heterocycles. The van der Waals surface area contributed by atoms with E-state index in [2.05, 4.69) is 43.2 Å². The molecule has 0 aliphatic carbocycles. The standard InChI is InChI=1S/C11H21N3OS/c1-8(2)5-12-11-13-10(14-15-11)7-16-6-9(3)4/h8-9H,5-7H2,1-4H3,(H,12,13,14). The third-order valence-electron chi connectivity index (χ3n) is 1.81. The highest BCUT2D eigenvalue weighted by molar-refractivity contribution is 7.98. The summed E-state index contributed by atoms with van der Waals surface area (Å²) in [6.07, 6.45) is 0. The molecule has 5 heteroatoms. The molecule has 0 bridgehead atoms. The Morgan fingerprint density at radius 1 is 1.25 bits per heavy atom. The quantitative estimate of drug-likeness (QED) is 0.797. The van der Waals surface area contributed by atoms with Gasteiger partial charge in [0.25, 0.3) is 0 Å². The minimum absolute atomic E-state index is 0.536. The SMILES string of the molecule is CC(C)CNc1nc(CSCC(C)C)no1. The molecule has 1 aromatic heterocycles. The highest BCUT2D eigenvalue weighted by atomic mass is 32.2. The second kappa shape index (κ2) is 6.78. The van der Waals surface area contributed by atoms with Crippen LogP contribution in [-0.2, 0) is 5.75 Å². The Bertz CT molecular complexity index is 299. The van der Waals surface area contributed by atoms with Crippen LogP contribution in [0.15, 0.2) is 4.52 Å². The molecule has 1 N–H and O–H groups in total. The molecule has 0 radical (unpaired) electrons. The van der Waals surface area contributed by atoms with E-state index in [0.717, 1.165) is 23.9 Å². The van der Waals surface area contributed by atoms with Crippen LogP contribution in [0.2, 0.25) is 0 Å².